The number of nitrogens with zero attached hydrogens (tertiary/aromatic N) is 1. The molecule has 2 aromatic heterocycles. The van der Waals surface area contributed by atoms with E-state index in [4.69, 9.17) is 9.94 Å². The van der Waals surface area contributed by atoms with Crippen molar-refractivity contribution in [2.75, 3.05) is 23.7 Å². The standard InChI is InChI=1S/C26H24F2N4O6S/c1-2-11-39(36,37)32-23-21(27)8-7-18(22(23)28)24(34)20-14-30-25-19(20)12-17(13-29-25)15-3-5-16(6-4-15)26(35)31-38-10-9-33/h3-8,12-14,32-33H,2,9-11H2,1H3,(H,29,30)(H,31,35). The lowest BCUT2D eigenvalue weighted by atomic mass is 9.99. The first-order chi connectivity index (χ1) is 18.6. The van der Waals surface area contributed by atoms with E-state index in [1.165, 1.54) is 6.20 Å². The Labute approximate surface area is 222 Å². The van der Waals surface area contributed by atoms with Gasteiger partial charge in [-0.05, 0) is 42.3 Å². The van der Waals surface area contributed by atoms with Crippen molar-refractivity contribution in [3.8, 4) is 11.1 Å². The third-order valence-electron chi connectivity index (χ3n) is 5.68. The highest BCUT2D eigenvalue weighted by Crippen LogP contribution is 2.29. The molecule has 0 aliphatic carbocycles. The Morgan fingerprint density at radius 2 is 1.82 bits per heavy atom. The van der Waals surface area contributed by atoms with Crippen molar-refractivity contribution in [2.45, 2.75) is 13.3 Å². The van der Waals surface area contributed by atoms with Crippen LogP contribution in [-0.4, -0.2) is 54.1 Å². The third-order valence-corrected chi connectivity index (χ3v) is 7.14. The number of rotatable bonds is 11. The maximum Gasteiger partial charge on any atom is 0.274 e. The summed E-state index contributed by atoms with van der Waals surface area (Å²) in [6, 6.07) is 9.85. The van der Waals surface area contributed by atoms with Gasteiger partial charge in [0.1, 0.15) is 17.2 Å². The number of anilines is 1. The number of aliphatic hydroxyl groups is 1. The number of hydrogen-bond donors (Lipinski definition) is 4. The summed E-state index contributed by atoms with van der Waals surface area (Å²) in [5.41, 5.74) is 2.71. The van der Waals surface area contributed by atoms with Crippen molar-refractivity contribution in [2.24, 2.45) is 0 Å². The summed E-state index contributed by atoms with van der Waals surface area (Å²) in [4.78, 5) is 37.3. The lowest BCUT2D eigenvalue weighted by Gasteiger charge is -2.11. The highest BCUT2D eigenvalue weighted by Gasteiger charge is 2.25. The minimum atomic E-state index is -4.01. The number of pyridine rings is 1. The van der Waals surface area contributed by atoms with Crippen LogP contribution in [0.25, 0.3) is 22.2 Å². The number of aliphatic hydroxyl groups excluding tert-OH is 1. The van der Waals surface area contributed by atoms with Crippen LogP contribution < -0.4 is 10.2 Å². The van der Waals surface area contributed by atoms with E-state index in [9.17, 15) is 22.4 Å². The third kappa shape index (κ3) is 6.11. The first-order valence-corrected chi connectivity index (χ1v) is 13.4. The Balaban J connectivity index is 1.65. The number of aromatic amines is 1. The predicted molar refractivity (Wildman–Crippen MR) is 140 cm³/mol. The number of hydroxylamine groups is 1. The van der Waals surface area contributed by atoms with Gasteiger partial charge in [-0.15, -0.1) is 0 Å². The molecule has 204 valence electrons. The molecule has 0 saturated heterocycles. The maximum absolute atomic E-state index is 15.2. The summed E-state index contributed by atoms with van der Waals surface area (Å²) in [6.45, 7) is 1.31. The van der Waals surface area contributed by atoms with Crippen LogP contribution in [0.3, 0.4) is 0 Å². The molecular weight excluding hydrogens is 534 g/mol. The van der Waals surface area contributed by atoms with Crippen molar-refractivity contribution in [3.63, 3.8) is 0 Å². The van der Waals surface area contributed by atoms with E-state index in [0.717, 1.165) is 12.1 Å². The van der Waals surface area contributed by atoms with Crippen LogP contribution in [0.15, 0.2) is 54.9 Å². The molecule has 4 aromatic rings. The molecule has 13 heteroatoms. The second-order valence-electron chi connectivity index (χ2n) is 8.44. The van der Waals surface area contributed by atoms with Gasteiger partial charge in [0.25, 0.3) is 5.91 Å². The van der Waals surface area contributed by atoms with Crippen LogP contribution >= 0.6 is 0 Å². The van der Waals surface area contributed by atoms with Crippen molar-refractivity contribution in [1.82, 2.24) is 15.4 Å². The van der Waals surface area contributed by atoms with E-state index in [2.05, 4.69) is 15.4 Å². The number of amides is 1. The number of hydrogen-bond acceptors (Lipinski definition) is 7. The van der Waals surface area contributed by atoms with Crippen LogP contribution in [0, 0.1) is 11.6 Å². The zero-order valence-electron chi connectivity index (χ0n) is 20.6. The Bertz CT molecular complexity index is 1640. The van der Waals surface area contributed by atoms with Crippen LogP contribution in [0.4, 0.5) is 14.5 Å². The summed E-state index contributed by atoms with van der Waals surface area (Å²) < 4.78 is 55.6. The number of aromatic nitrogens is 2. The van der Waals surface area contributed by atoms with E-state index in [0.29, 0.717) is 27.7 Å². The average Bonchev–Trinajstić information content (AvgIpc) is 3.34. The van der Waals surface area contributed by atoms with E-state index in [1.807, 2.05) is 4.72 Å². The molecule has 4 rings (SSSR count). The monoisotopic (exact) mass is 558 g/mol. The number of halogens is 2. The van der Waals surface area contributed by atoms with E-state index in [1.54, 1.807) is 43.5 Å². The number of sulfonamides is 1. The molecule has 0 unspecified atom stereocenters. The summed E-state index contributed by atoms with van der Waals surface area (Å²) in [5, 5.41) is 9.08. The molecule has 0 atom stereocenters. The molecular formula is C26H24F2N4O6S. The van der Waals surface area contributed by atoms with E-state index < -0.39 is 44.6 Å². The highest BCUT2D eigenvalue weighted by atomic mass is 32.2. The normalized spacial score (nSPS) is 11.5. The smallest absolute Gasteiger partial charge is 0.274 e. The summed E-state index contributed by atoms with van der Waals surface area (Å²) >= 11 is 0. The number of ketones is 1. The lowest BCUT2D eigenvalue weighted by molar-refractivity contribution is 0.0168. The zero-order valence-corrected chi connectivity index (χ0v) is 21.4. The van der Waals surface area contributed by atoms with Gasteiger partial charge in [0.2, 0.25) is 10.0 Å². The fourth-order valence-electron chi connectivity index (χ4n) is 3.83. The molecule has 39 heavy (non-hydrogen) atoms. The second kappa shape index (κ2) is 11.7. The van der Waals surface area contributed by atoms with Gasteiger partial charge in [-0.3, -0.25) is 19.1 Å². The Morgan fingerprint density at radius 1 is 1.08 bits per heavy atom. The molecule has 2 heterocycles. The molecule has 0 fully saturated rings. The average molecular weight is 559 g/mol. The maximum atomic E-state index is 15.2. The minimum absolute atomic E-state index is 0.0456. The molecule has 10 nitrogen and oxygen atoms in total. The number of carbonyl (C=O) groups excluding carboxylic acids is 2. The molecule has 0 spiro atoms. The first kappa shape index (κ1) is 27.8. The summed E-state index contributed by atoms with van der Waals surface area (Å²) in [5.74, 6) is -4.12. The largest absolute Gasteiger partial charge is 0.394 e. The molecule has 0 aliphatic heterocycles. The predicted octanol–water partition coefficient (Wildman–Crippen LogP) is 3.54. The van der Waals surface area contributed by atoms with Crippen LogP contribution in [0.2, 0.25) is 0 Å². The molecule has 0 radical (unpaired) electrons. The van der Waals surface area contributed by atoms with E-state index in [-0.39, 0.29) is 31.0 Å². The van der Waals surface area contributed by atoms with Crippen molar-refractivity contribution < 1.29 is 36.7 Å². The van der Waals surface area contributed by atoms with Gasteiger partial charge in [0, 0.05) is 34.5 Å². The molecule has 0 saturated carbocycles. The molecule has 1 amide bonds. The molecule has 0 bridgehead atoms. The van der Waals surface area contributed by atoms with E-state index >= 15 is 4.39 Å². The van der Waals surface area contributed by atoms with Gasteiger partial charge in [-0.1, -0.05) is 19.1 Å². The Morgan fingerprint density at radius 3 is 2.51 bits per heavy atom. The van der Waals surface area contributed by atoms with Gasteiger partial charge in [-0.2, -0.15) is 0 Å². The molecule has 0 aliphatic rings. The summed E-state index contributed by atoms with van der Waals surface area (Å²) in [6.07, 6.45) is 3.12. The van der Waals surface area contributed by atoms with Gasteiger partial charge in [0.05, 0.1) is 24.5 Å². The quantitative estimate of drug-likeness (QED) is 0.125. The Hall–Kier alpha value is -4.20. The zero-order chi connectivity index (χ0) is 28.2. The number of H-pyrrole nitrogens is 1. The second-order valence-corrected chi connectivity index (χ2v) is 10.3. The van der Waals surface area contributed by atoms with Crippen molar-refractivity contribution >= 4 is 38.4 Å². The van der Waals surface area contributed by atoms with Crippen LogP contribution in [-0.2, 0) is 14.9 Å². The number of carbonyl (C=O) groups is 2. The van der Waals surface area contributed by atoms with Crippen molar-refractivity contribution in [3.05, 3.63) is 83.2 Å². The summed E-state index contributed by atoms with van der Waals surface area (Å²) in [7, 11) is -4.01. The fraction of sp³-hybridized carbons (Fsp3) is 0.192. The molecule has 4 N–H and O–H groups in total. The molecule has 2 aromatic carbocycles. The number of benzene rings is 2. The van der Waals surface area contributed by atoms with Gasteiger partial charge in [-0.25, -0.2) is 27.7 Å². The number of fused-ring (bicyclic) bond motifs is 1. The van der Waals surface area contributed by atoms with Gasteiger partial charge in [0.15, 0.2) is 11.6 Å². The van der Waals surface area contributed by atoms with Crippen LogP contribution in [0.1, 0.15) is 39.6 Å². The van der Waals surface area contributed by atoms with Gasteiger partial charge >= 0.3 is 0 Å². The SMILES string of the molecule is CCCS(=O)(=O)Nc1c(F)ccc(C(=O)c2c[nH]c3ncc(-c4ccc(C(=O)NOCCO)cc4)cc23)c1F. The fourth-order valence-corrected chi connectivity index (χ4v) is 4.96. The van der Waals surface area contributed by atoms with Crippen LogP contribution in [0.5, 0.6) is 0 Å². The topological polar surface area (TPSA) is 150 Å². The van der Waals surface area contributed by atoms with Crippen molar-refractivity contribution in [1.29, 1.82) is 0 Å². The highest BCUT2D eigenvalue weighted by molar-refractivity contribution is 7.92. The Kier molecular flexibility index (Phi) is 8.33. The van der Waals surface area contributed by atoms with Gasteiger partial charge < -0.3 is 10.1 Å². The first-order valence-electron chi connectivity index (χ1n) is 11.8. The lowest BCUT2D eigenvalue weighted by Crippen LogP contribution is -2.25. The number of nitrogens with one attached hydrogen (secondary N) is 3. The minimum Gasteiger partial charge on any atom is -0.394 e.